The average molecular weight is 331 g/mol. The Hall–Kier alpha value is -1.56. The Balaban J connectivity index is 2.40. The normalized spacial score (nSPS) is 12.6. The summed E-state index contributed by atoms with van der Waals surface area (Å²) in [6, 6.07) is 6.77. The van der Waals surface area contributed by atoms with Gasteiger partial charge in [-0.05, 0) is 31.2 Å². The third-order valence-corrected chi connectivity index (χ3v) is 2.73. The molecule has 0 saturated heterocycles. The number of anilines is 1. The molecule has 0 bridgehead atoms. The van der Waals surface area contributed by atoms with E-state index in [0.717, 1.165) is 0 Å². The largest absolute Gasteiger partial charge is 0.458 e. The van der Waals surface area contributed by atoms with Crippen LogP contribution < -0.4 is 5.43 Å². The van der Waals surface area contributed by atoms with Gasteiger partial charge in [0.1, 0.15) is 6.61 Å². The zero-order valence-electron chi connectivity index (χ0n) is 11.5. The van der Waals surface area contributed by atoms with Crippen LogP contribution in [0.2, 0.25) is 5.02 Å². The molecule has 0 aromatic heterocycles. The fourth-order valence-electron chi connectivity index (χ4n) is 1.22. The molecule has 0 unspecified atom stereocenters. The Bertz CT molecular complexity index is 503. The van der Waals surface area contributed by atoms with Gasteiger partial charge < -0.3 is 9.47 Å². The molecule has 0 radical (unpaired) electrons. The lowest BCUT2D eigenvalue weighted by molar-refractivity contribution is -0.138. The summed E-state index contributed by atoms with van der Waals surface area (Å²) < 4.78 is 10.2. The highest BCUT2D eigenvalue weighted by Gasteiger charge is 2.12. The third kappa shape index (κ3) is 7.13. The van der Waals surface area contributed by atoms with Crippen molar-refractivity contribution in [2.75, 3.05) is 18.6 Å². The molecule has 1 atom stereocenters. The average Bonchev–Trinajstić information content (AvgIpc) is 2.49. The summed E-state index contributed by atoms with van der Waals surface area (Å²) >= 11 is 11.5. The zero-order valence-corrected chi connectivity index (χ0v) is 13.0. The van der Waals surface area contributed by atoms with E-state index in [4.69, 9.17) is 32.7 Å². The molecule has 21 heavy (non-hydrogen) atoms. The number of hydrogen-bond donors (Lipinski definition) is 1. The number of ether oxygens (including phenoxy) is 2. The van der Waals surface area contributed by atoms with Crippen LogP contribution in [-0.4, -0.2) is 30.5 Å². The van der Waals surface area contributed by atoms with Crippen molar-refractivity contribution in [2.45, 2.75) is 13.0 Å². The Labute approximate surface area is 133 Å². The van der Waals surface area contributed by atoms with Crippen LogP contribution in [0.1, 0.15) is 6.92 Å². The predicted molar refractivity (Wildman–Crippen MR) is 84.9 cm³/mol. The molecule has 0 aliphatic carbocycles. The van der Waals surface area contributed by atoms with Gasteiger partial charge in [0.2, 0.25) is 5.17 Å². The van der Waals surface area contributed by atoms with Crippen LogP contribution in [0.5, 0.6) is 0 Å². The maximum Gasteiger partial charge on any atom is 0.370 e. The number of carbonyl (C=O) groups is 1. The second-order valence-electron chi connectivity index (χ2n) is 4.05. The number of carbonyl (C=O) groups excluding carboxylic acids is 1. The van der Waals surface area contributed by atoms with Crippen LogP contribution in [0.4, 0.5) is 5.69 Å². The van der Waals surface area contributed by atoms with E-state index < -0.39 is 5.97 Å². The predicted octanol–water partition coefficient (Wildman–Crippen LogP) is 3.44. The molecule has 1 rings (SSSR count). The summed E-state index contributed by atoms with van der Waals surface area (Å²) in [6.07, 6.45) is 1.36. The minimum absolute atomic E-state index is 0.0827. The highest BCUT2D eigenvalue weighted by Crippen LogP contribution is 2.13. The molecule has 5 nitrogen and oxygen atoms in total. The lowest BCUT2D eigenvalue weighted by Gasteiger charge is -2.11. The maximum atomic E-state index is 11.6. The Morgan fingerprint density at radius 2 is 2.14 bits per heavy atom. The highest BCUT2D eigenvalue weighted by molar-refractivity contribution is 6.82. The first-order chi connectivity index (χ1) is 10.0. The molecule has 7 heteroatoms. The number of esters is 1. The van der Waals surface area contributed by atoms with Gasteiger partial charge in [0.05, 0.1) is 18.4 Å². The van der Waals surface area contributed by atoms with E-state index in [2.05, 4.69) is 17.1 Å². The number of rotatable bonds is 8. The van der Waals surface area contributed by atoms with Crippen LogP contribution >= 0.6 is 23.2 Å². The van der Waals surface area contributed by atoms with Gasteiger partial charge in [0.15, 0.2) is 0 Å². The van der Waals surface area contributed by atoms with Crippen LogP contribution in [0, 0.1) is 0 Å². The van der Waals surface area contributed by atoms with Crippen molar-refractivity contribution in [2.24, 2.45) is 5.10 Å². The zero-order chi connectivity index (χ0) is 15.7. The molecule has 1 aromatic carbocycles. The summed E-state index contributed by atoms with van der Waals surface area (Å²) in [4.78, 5) is 11.6. The maximum absolute atomic E-state index is 11.6. The van der Waals surface area contributed by atoms with E-state index >= 15 is 0 Å². The van der Waals surface area contributed by atoms with Gasteiger partial charge in [-0.2, -0.15) is 5.10 Å². The topological polar surface area (TPSA) is 59.9 Å². The van der Waals surface area contributed by atoms with Gasteiger partial charge in [0, 0.05) is 5.02 Å². The summed E-state index contributed by atoms with van der Waals surface area (Å²) in [7, 11) is 0. The number of halogens is 2. The van der Waals surface area contributed by atoms with Crippen molar-refractivity contribution in [3.63, 3.8) is 0 Å². The Kier molecular flexibility index (Phi) is 7.82. The van der Waals surface area contributed by atoms with Gasteiger partial charge in [-0.3, -0.25) is 5.43 Å². The molecule has 0 amide bonds. The van der Waals surface area contributed by atoms with Crippen molar-refractivity contribution >= 4 is 40.0 Å². The smallest absolute Gasteiger partial charge is 0.370 e. The van der Waals surface area contributed by atoms with Crippen molar-refractivity contribution in [3.05, 3.63) is 41.9 Å². The van der Waals surface area contributed by atoms with Gasteiger partial charge in [0.25, 0.3) is 0 Å². The van der Waals surface area contributed by atoms with Gasteiger partial charge in [-0.15, -0.1) is 6.58 Å². The molecule has 0 heterocycles. The Morgan fingerprint density at radius 3 is 2.76 bits per heavy atom. The number of hydrogen-bond acceptors (Lipinski definition) is 5. The second kappa shape index (κ2) is 9.39. The van der Waals surface area contributed by atoms with Gasteiger partial charge in [-0.1, -0.05) is 29.3 Å². The molecule has 1 N–H and O–H groups in total. The van der Waals surface area contributed by atoms with E-state index in [-0.39, 0.29) is 17.9 Å². The fourth-order valence-corrected chi connectivity index (χ4v) is 1.44. The molecule has 0 fully saturated rings. The van der Waals surface area contributed by atoms with E-state index in [9.17, 15) is 4.79 Å². The lowest BCUT2D eigenvalue weighted by Crippen LogP contribution is -2.22. The quantitative estimate of drug-likeness (QED) is 0.343. The standard InChI is InChI=1S/C14H16Cl2N2O3/c1-3-8-20-10(2)9-21-14(19)13(16)18-17-12-6-4-11(15)5-7-12/h3-7,10,17H,1,8-9H2,2H3/b18-13-/t10-/m0/s1. The lowest BCUT2D eigenvalue weighted by atomic mass is 10.3. The van der Waals surface area contributed by atoms with Crippen LogP contribution in [-0.2, 0) is 14.3 Å². The number of nitrogens with zero attached hydrogens (tertiary/aromatic N) is 1. The molecule has 0 saturated carbocycles. The summed E-state index contributed by atoms with van der Waals surface area (Å²) in [5.74, 6) is -0.729. The summed E-state index contributed by atoms with van der Waals surface area (Å²) in [5.41, 5.74) is 3.27. The van der Waals surface area contributed by atoms with E-state index in [0.29, 0.717) is 17.3 Å². The Morgan fingerprint density at radius 1 is 1.48 bits per heavy atom. The summed E-state index contributed by atoms with van der Waals surface area (Å²) in [5, 5.41) is 4.02. The SMILES string of the molecule is C=CCO[C@@H](C)COC(=O)/C(Cl)=N/Nc1ccc(Cl)cc1. The first kappa shape index (κ1) is 17.5. The molecule has 0 aliphatic heterocycles. The minimum atomic E-state index is -0.729. The minimum Gasteiger partial charge on any atom is -0.458 e. The molecule has 0 aliphatic rings. The van der Waals surface area contributed by atoms with Crippen molar-refractivity contribution in [3.8, 4) is 0 Å². The first-order valence-corrected chi connectivity index (χ1v) is 6.93. The van der Waals surface area contributed by atoms with E-state index in [1.165, 1.54) is 0 Å². The van der Waals surface area contributed by atoms with E-state index in [1.807, 2.05) is 0 Å². The van der Waals surface area contributed by atoms with Crippen molar-refractivity contribution in [1.82, 2.24) is 0 Å². The molecular formula is C14H16Cl2N2O3. The number of hydrazone groups is 1. The monoisotopic (exact) mass is 330 g/mol. The van der Waals surface area contributed by atoms with Crippen molar-refractivity contribution < 1.29 is 14.3 Å². The highest BCUT2D eigenvalue weighted by atomic mass is 35.5. The molecule has 114 valence electrons. The molecule has 1 aromatic rings. The van der Waals surface area contributed by atoms with Crippen LogP contribution in [0.25, 0.3) is 0 Å². The number of benzene rings is 1. The summed E-state index contributed by atoms with van der Waals surface area (Å²) in [6.45, 7) is 5.77. The second-order valence-corrected chi connectivity index (χ2v) is 4.85. The molecular weight excluding hydrogens is 315 g/mol. The van der Waals surface area contributed by atoms with E-state index in [1.54, 1.807) is 37.3 Å². The fraction of sp³-hybridized carbons (Fsp3) is 0.286. The van der Waals surface area contributed by atoms with Crippen LogP contribution in [0.15, 0.2) is 42.0 Å². The first-order valence-electron chi connectivity index (χ1n) is 6.17. The van der Waals surface area contributed by atoms with Gasteiger partial charge in [-0.25, -0.2) is 4.79 Å². The van der Waals surface area contributed by atoms with Crippen molar-refractivity contribution in [1.29, 1.82) is 0 Å². The molecule has 0 spiro atoms. The van der Waals surface area contributed by atoms with Crippen LogP contribution in [0.3, 0.4) is 0 Å². The van der Waals surface area contributed by atoms with Gasteiger partial charge >= 0.3 is 5.97 Å². The number of nitrogens with one attached hydrogen (secondary N) is 1. The third-order valence-electron chi connectivity index (χ3n) is 2.24.